The lowest BCUT2D eigenvalue weighted by molar-refractivity contribution is -0.0807. The Morgan fingerprint density at radius 2 is 1.82 bits per heavy atom. The van der Waals surface area contributed by atoms with E-state index in [4.69, 9.17) is 0 Å². The lowest BCUT2D eigenvalue weighted by Gasteiger charge is -2.47. The van der Waals surface area contributed by atoms with Crippen molar-refractivity contribution in [2.24, 2.45) is 0 Å². The molecular weight excluding hydrogens is 550 g/mol. The first-order chi connectivity index (χ1) is 15.7. The first kappa shape index (κ1) is 24.0. The van der Waals surface area contributed by atoms with Crippen LogP contribution in [0.2, 0.25) is 0 Å². The second kappa shape index (κ2) is 9.22. The minimum atomic E-state index is -1.30. The summed E-state index contributed by atoms with van der Waals surface area (Å²) in [5, 5.41) is 16.3. The van der Waals surface area contributed by atoms with E-state index in [-0.39, 0.29) is 30.9 Å². The lowest BCUT2D eigenvalue weighted by atomic mass is 9.90. The molecule has 2 aliphatic rings. The van der Waals surface area contributed by atoms with Crippen molar-refractivity contribution in [2.45, 2.75) is 36.8 Å². The van der Waals surface area contributed by atoms with Crippen LogP contribution < -0.4 is 10.6 Å². The van der Waals surface area contributed by atoms with E-state index in [1.165, 1.54) is 17.0 Å². The van der Waals surface area contributed by atoms with E-state index in [0.717, 1.165) is 25.0 Å². The Balaban J connectivity index is 1.49. The summed E-state index contributed by atoms with van der Waals surface area (Å²) in [5.41, 5.74) is -2.79. The molecule has 0 atom stereocenters. The molecule has 6 nitrogen and oxygen atoms in total. The zero-order valence-corrected chi connectivity index (χ0v) is 19.7. The van der Waals surface area contributed by atoms with Crippen LogP contribution in [0.25, 0.3) is 0 Å². The van der Waals surface area contributed by atoms with Crippen LogP contribution in [0.5, 0.6) is 0 Å². The molecule has 1 heterocycles. The first-order valence-corrected chi connectivity index (χ1v) is 11.6. The van der Waals surface area contributed by atoms with E-state index >= 15 is 0 Å². The van der Waals surface area contributed by atoms with Crippen LogP contribution in [0.1, 0.15) is 36.0 Å². The molecule has 175 valence electrons. The van der Waals surface area contributed by atoms with Gasteiger partial charge < -0.3 is 20.6 Å². The SMILES string of the molecule is O=[C]C1(NCC2(O)CN(C(=O)c3ccc(F)c(F)c3Nc3ccc(I)cc3F)C2)CCCC1. The Labute approximate surface area is 202 Å². The van der Waals surface area contributed by atoms with E-state index in [2.05, 4.69) is 10.6 Å². The third-order valence-corrected chi connectivity index (χ3v) is 6.85. The van der Waals surface area contributed by atoms with E-state index in [0.29, 0.717) is 16.4 Å². The van der Waals surface area contributed by atoms with Crippen LogP contribution in [0.3, 0.4) is 0 Å². The van der Waals surface area contributed by atoms with Crippen molar-refractivity contribution < 1.29 is 27.9 Å². The minimum absolute atomic E-state index is 0.0515. The molecule has 1 saturated heterocycles. The molecule has 0 unspecified atom stereocenters. The number of anilines is 2. The van der Waals surface area contributed by atoms with Gasteiger partial charge in [-0.2, -0.15) is 0 Å². The number of hydrogen-bond acceptors (Lipinski definition) is 5. The Morgan fingerprint density at radius 1 is 1.12 bits per heavy atom. The molecule has 1 saturated carbocycles. The maximum absolute atomic E-state index is 14.6. The highest BCUT2D eigenvalue weighted by Gasteiger charge is 2.46. The zero-order chi connectivity index (χ0) is 23.8. The molecule has 10 heteroatoms. The predicted molar refractivity (Wildman–Crippen MR) is 125 cm³/mol. The molecule has 1 amide bonds. The van der Waals surface area contributed by atoms with E-state index in [1.807, 2.05) is 28.9 Å². The first-order valence-electron chi connectivity index (χ1n) is 10.5. The summed E-state index contributed by atoms with van der Waals surface area (Å²) in [6.07, 6.45) is 5.14. The summed E-state index contributed by atoms with van der Waals surface area (Å²) in [7, 11) is 0. The highest BCUT2D eigenvalue weighted by Crippen LogP contribution is 2.33. The van der Waals surface area contributed by atoms with E-state index in [1.54, 1.807) is 6.07 Å². The number of hydrogen-bond donors (Lipinski definition) is 3. The van der Waals surface area contributed by atoms with Gasteiger partial charge in [0.2, 0.25) is 6.29 Å². The number of halogens is 4. The maximum atomic E-state index is 14.6. The number of carbonyl (C=O) groups is 1. The number of amides is 1. The molecular formula is C23H22F3IN3O3. The van der Waals surface area contributed by atoms with Gasteiger partial charge in [0.05, 0.1) is 35.6 Å². The topological polar surface area (TPSA) is 81.7 Å². The fourth-order valence-electron chi connectivity index (χ4n) is 4.29. The smallest absolute Gasteiger partial charge is 0.256 e. The summed E-state index contributed by atoms with van der Waals surface area (Å²) in [6.45, 7) is -0.00301. The number of benzene rings is 2. The maximum Gasteiger partial charge on any atom is 0.256 e. The average Bonchev–Trinajstić information content (AvgIpc) is 3.24. The molecule has 3 N–H and O–H groups in total. The number of carbonyl (C=O) groups excluding carboxylic acids is 2. The fraction of sp³-hybridized carbons (Fsp3) is 0.391. The molecule has 33 heavy (non-hydrogen) atoms. The molecule has 2 aromatic rings. The zero-order valence-electron chi connectivity index (χ0n) is 17.6. The van der Waals surface area contributed by atoms with Gasteiger partial charge in [-0.05, 0) is 65.8 Å². The Hall–Kier alpha value is -2.18. The quantitative estimate of drug-likeness (QED) is 0.442. The number of β-amino-alcohol motifs (C(OH)–C–C–N with tert-alkyl or cyclic N) is 1. The third kappa shape index (κ3) is 4.87. The summed E-state index contributed by atoms with van der Waals surface area (Å²) in [5.74, 6) is -3.80. The molecule has 0 bridgehead atoms. The van der Waals surface area contributed by atoms with Gasteiger partial charge in [0.1, 0.15) is 11.4 Å². The van der Waals surface area contributed by atoms with Crippen LogP contribution in [-0.4, -0.2) is 53.0 Å². The van der Waals surface area contributed by atoms with Crippen LogP contribution in [-0.2, 0) is 4.79 Å². The van der Waals surface area contributed by atoms with Crippen molar-refractivity contribution in [3.8, 4) is 0 Å². The van der Waals surface area contributed by atoms with Crippen molar-refractivity contribution in [3.05, 3.63) is 56.9 Å². The number of nitrogens with one attached hydrogen (secondary N) is 2. The summed E-state index contributed by atoms with van der Waals surface area (Å²) >= 11 is 1.92. The Kier molecular flexibility index (Phi) is 6.70. The Morgan fingerprint density at radius 3 is 2.45 bits per heavy atom. The van der Waals surface area contributed by atoms with Gasteiger partial charge in [0, 0.05) is 10.1 Å². The largest absolute Gasteiger partial charge is 0.385 e. The standard InChI is InChI=1S/C23H22F3IN3O3/c24-16-5-4-15(20(19(16)26)29-18-6-3-14(27)9-17(18)25)21(32)30-11-23(33,12-30)10-28-22(13-31)7-1-2-8-22/h3-6,9,28-29,33H,1-2,7-8,10-12H2. The fourth-order valence-corrected chi connectivity index (χ4v) is 4.75. The van der Waals surface area contributed by atoms with Gasteiger partial charge >= 0.3 is 0 Å². The average molecular weight is 572 g/mol. The van der Waals surface area contributed by atoms with Crippen molar-refractivity contribution in [3.63, 3.8) is 0 Å². The second-order valence-corrected chi connectivity index (χ2v) is 9.91. The minimum Gasteiger partial charge on any atom is -0.385 e. The predicted octanol–water partition coefficient (Wildman–Crippen LogP) is 3.65. The van der Waals surface area contributed by atoms with Gasteiger partial charge in [-0.1, -0.05) is 12.8 Å². The highest BCUT2D eigenvalue weighted by molar-refractivity contribution is 14.1. The van der Waals surface area contributed by atoms with Crippen LogP contribution >= 0.6 is 22.6 Å². The molecule has 1 aliphatic carbocycles. The van der Waals surface area contributed by atoms with Crippen molar-refractivity contribution in [1.29, 1.82) is 0 Å². The van der Waals surface area contributed by atoms with E-state index < -0.39 is 40.2 Å². The number of aliphatic hydroxyl groups is 1. The molecule has 2 fully saturated rings. The highest BCUT2D eigenvalue weighted by atomic mass is 127. The van der Waals surface area contributed by atoms with Gasteiger partial charge in [-0.3, -0.25) is 9.59 Å². The summed E-state index contributed by atoms with van der Waals surface area (Å²) < 4.78 is 43.4. The van der Waals surface area contributed by atoms with Gasteiger partial charge in [0.25, 0.3) is 5.91 Å². The number of likely N-dealkylation sites (tertiary alicyclic amines) is 1. The third-order valence-electron chi connectivity index (χ3n) is 6.18. The van der Waals surface area contributed by atoms with Gasteiger partial charge in [-0.15, -0.1) is 0 Å². The molecule has 1 radical (unpaired) electrons. The molecule has 4 rings (SSSR count). The summed E-state index contributed by atoms with van der Waals surface area (Å²) in [6, 6.07) is 6.12. The normalized spacial score (nSPS) is 18.6. The van der Waals surface area contributed by atoms with Gasteiger partial charge in [-0.25, -0.2) is 13.2 Å². The molecule has 1 aliphatic heterocycles. The molecule has 2 aromatic carbocycles. The number of nitrogens with zero attached hydrogens (tertiary/aromatic N) is 1. The van der Waals surface area contributed by atoms with Gasteiger partial charge in [0.15, 0.2) is 11.6 Å². The molecule has 0 aromatic heterocycles. The van der Waals surface area contributed by atoms with E-state index in [9.17, 15) is 27.9 Å². The lowest BCUT2D eigenvalue weighted by Crippen LogP contribution is -2.69. The van der Waals surface area contributed by atoms with Crippen molar-refractivity contribution >= 4 is 46.2 Å². The van der Waals surface area contributed by atoms with Crippen molar-refractivity contribution in [1.82, 2.24) is 10.2 Å². The monoisotopic (exact) mass is 572 g/mol. The Bertz CT molecular complexity index is 1090. The molecule has 0 spiro atoms. The van der Waals surface area contributed by atoms with Crippen LogP contribution in [0.4, 0.5) is 24.5 Å². The summed E-state index contributed by atoms with van der Waals surface area (Å²) in [4.78, 5) is 25.7. The number of rotatable bonds is 7. The van der Waals surface area contributed by atoms with Crippen LogP contribution in [0, 0.1) is 21.0 Å². The van der Waals surface area contributed by atoms with Crippen LogP contribution in [0.15, 0.2) is 30.3 Å². The second-order valence-electron chi connectivity index (χ2n) is 8.66. The van der Waals surface area contributed by atoms with Crippen molar-refractivity contribution in [2.75, 3.05) is 25.0 Å².